The first-order valence-corrected chi connectivity index (χ1v) is 12.8. The number of hydrogen-bond donors (Lipinski definition) is 1. The van der Waals surface area contributed by atoms with E-state index < -0.39 is 0 Å². The zero-order valence-electron chi connectivity index (χ0n) is 21.1. The molecule has 2 aliphatic rings. The predicted octanol–water partition coefficient (Wildman–Crippen LogP) is 1.69. The minimum absolute atomic E-state index is 0.444. The normalized spacial score (nSPS) is 22.0. The van der Waals surface area contributed by atoms with Crippen molar-refractivity contribution in [1.29, 1.82) is 0 Å². The largest absolute Gasteiger partial charge is 0.489 e. The molecule has 0 amide bonds. The third kappa shape index (κ3) is 7.85. The van der Waals surface area contributed by atoms with Gasteiger partial charge in [-0.1, -0.05) is 18.2 Å². The third-order valence-corrected chi connectivity index (χ3v) is 5.99. The molecule has 0 radical (unpaired) electrons. The second-order valence-corrected chi connectivity index (χ2v) is 8.45. The summed E-state index contributed by atoms with van der Waals surface area (Å²) in [4.78, 5) is 6.06. The summed E-state index contributed by atoms with van der Waals surface area (Å²) >= 11 is 0. The van der Waals surface area contributed by atoms with Gasteiger partial charge >= 0.3 is 0 Å². The van der Waals surface area contributed by atoms with Gasteiger partial charge in [0.25, 0.3) is 0 Å². The summed E-state index contributed by atoms with van der Waals surface area (Å²) in [5.41, 5.74) is 3.82. The molecule has 0 saturated carbocycles. The first-order chi connectivity index (χ1) is 17.8. The van der Waals surface area contributed by atoms with Gasteiger partial charge in [0.2, 0.25) is 0 Å². The Labute approximate surface area is 213 Å². The summed E-state index contributed by atoms with van der Waals surface area (Å²) in [7, 11) is 0. The van der Waals surface area contributed by atoms with E-state index in [1.807, 2.05) is 12.1 Å². The van der Waals surface area contributed by atoms with Crippen molar-refractivity contribution >= 4 is 17.8 Å². The van der Waals surface area contributed by atoms with Crippen LogP contribution in [0.3, 0.4) is 0 Å². The highest BCUT2D eigenvalue weighted by molar-refractivity contribution is 5.65. The van der Waals surface area contributed by atoms with Crippen LogP contribution in [0.4, 0.5) is 5.69 Å². The lowest BCUT2D eigenvalue weighted by molar-refractivity contribution is -0.785. The smallest absolute Gasteiger partial charge is 0.145 e. The lowest BCUT2D eigenvalue weighted by atomic mass is 10.1. The molecular weight excluding hydrogens is 456 g/mol. The summed E-state index contributed by atoms with van der Waals surface area (Å²) < 4.78 is 28.3. The highest BCUT2D eigenvalue weighted by atomic mass is 16.6. The molecule has 2 aromatic rings. The van der Waals surface area contributed by atoms with Crippen molar-refractivity contribution in [1.82, 2.24) is 0 Å². The van der Waals surface area contributed by atoms with Crippen LogP contribution in [-0.4, -0.2) is 72.6 Å². The van der Waals surface area contributed by atoms with E-state index in [2.05, 4.69) is 61.6 Å². The van der Waals surface area contributed by atoms with Gasteiger partial charge in [-0.05, 0) is 42.5 Å². The van der Waals surface area contributed by atoms with Crippen LogP contribution < -0.4 is 20.2 Å². The molecule has 1 N–H and O–H groups in total. The summed E-state index contributed by atoms with van der Waals surface area (Å²) in [6.45, 7) is 8.47. The molecule has 7 nitrogen and oxygen atoms in total. The second kappa shape index (κ2) is 14.7. The number of nitrogens with one attached hydrogen (secondary N) is 1. The van der Waals surface area contributed by atoms with Crippen LogP contribution >= 0.6 is 0 Å². The van der Waals surface area contributed by atoms with E-state index in [0.29, 0.717) is 66.0 Å². The number of fused-ring (bicyclic) bond motifs is 2. The highest BCUT2D eigenvalue weighted by Crippen LogP contribution is 2.18. The van der Waals surface area contributed by atoms with E-state index in [1.54, 1.807) is 0 Å². The average molecular weight is 494 g/mol. The number of likely N-dealkylation sites (N-methyl/N-ethyl adjacent to an activating group) is 1. The Morgan fingerprint density at radius 2 is 1.47 bits per heavy atom. The Bertz CT molecular complexity index is 1140. The van der Waals surface area contributed by atoms with E-state index in [9.17, 15) is 0 Å². The molecular formula is C29H37N2O5+. The predicted molar refractivity (Wildman–Crippen MR) is 140 cm³/mol. The van der Waals surface area contributed by atoms with Crippen molar-refractivity contribution in [3.8, 4) is 5.75 Å². The Hall–Kier alpha value is -2.81. The van der Waals surface area contributed by atoms with Gasteiger partial charge in [-0.3, -0.25) is 9.89 Å². The summed E-state index contributed by atoms with van der Waals surface area (Å²) in [6.07, 6.45) is 8.70. The maximum atomic E-state index is 6.07. The molecule has 0 aliphatic carbocycles. The molecule has 192 valence electrons. The van der Waals surface area contributed by atoms with Gasteiger partial charge in [0.1, 0.15) is 23.7 Å². The van der Waals surface area contributed by atoms with E-state index in [0.717, 1.165) is 22.9 Å². The molecule has 0 bridgehead atoms. The Kier molecular flexibility index (Phi) is 10.7. The van der Waals surface area contributed by atoms with Crippen molar-refractivity contribution in [2.45, 2.75) is 6.92 Å². The lowest BCUT2D eigenvalue weighted by Gasteiger charge is -2.22. The van der Waals surface area contributed by atoms with Crippen LogP contribution in [0.2, 0.25) is 0 Å². The maximum absolute atomic E-state index is 6.07. The van der Waals surface area contributed by atoms with Crippen LogP contribution in [0.1, 0.15) is 12.5 Å². The molecule has 0 saturated heterocycles. The molecule has 1 atom stereocenters. The van der Waals surface area contributed by atoms with Crippen molar-refractivity contribution in [2.24, 2.45) is 4.99 Å². The third-order valence-electron chi connectivity index (χ3n) is 5.99. The number of para-hydroxylation sites is 1. The minimum Gasteiger partial charge on any atom is -0.489 e. The Balaban J connectivity index is 1.51. The minimum atomic E-state index is 0.444. The van der Waals surface area contributed by atoms with Gasteiger partial charge in [0.05, 0.1) is 71.3 Å². The monoisotopic (exact) mass is 493 g/mol. The SMILES string of the molecule is CC[NH+]1C(=CC=c2ccc3c(c2)OCCOCCOCCOCCOCCN=3)C=Cc2ccccc21. The fourth-order valence-electron chi connectivity index (χ4n) is 4.17. The van der Waals surface area contributed by atoms with Crippen molar-refractivity contribution in [2.75, 3.05) is 72.6 Å². The summed E-state index contributed by atoms with van der Waals surface area (Å²) in [5, 5.41) is 1.88. The van der Waals surface area contributed by atoms with Crippen molar-refractivity contribution in [3.05, 3.63) is 76.5 Å². The highest BCUT2D eigenvalue weighted by Gasteiger charge is 2.20. The number of benzene rings is 2. The fourth-order valence-corrected chi connectivity index (χ4v) is 4.17. The number of quaternary nitrogens is 1. The molecule has 4 rings (SSSR count). The molecule has 7 heteroatoms. The van der Waals surface area contributed by atoms with Crippen LogP contribution in [0, 0.1) is 0 Å². The van der Waals surface area contributed by atoms with Gasteiger partial charge in [0, 0.05) is 23.8 Å². The number of hydrogen-bond acceptors (Lipinski definition) is 6. The Morgan fingerprint density at radius 1 is 0.778 bits per heavy atom. The van der Waals surface area contributed by atoms with Gasteiger partial charge < -0.3 is 23.7 Å². The molecule has 2 aromatic carbocycles. The quantitative estimate of drug-likeness (QED) is 0.690. The standard InChI is InChI=1S/C29H36N2O5/c1-2-31-26(11-9-25-5-3-4-6-28(25)31)10-7-24-8-12-27-29(23-24)36-22-21-35-20-19-34-18-17-33-16-15-32-14-13-30-27/h3-12,23H,2,13-22H2,1H3/p+1. The van der Waals surface area contributed by atoms with Gasteiger partial charge in [0.15, 0.2) is 0 Å². The number of allylic oxidation sites excluding steroid dienone is 2. The number of ether oxygens (including phenoxy) is 5. The lowest BCUT2D eigenvalue weighted by Crippen LogP contribution is -3.05. The van der Waals surface area contributed by atoms with Crippen LogP contribution in [-0.2, 0) is 18.9 Å². The van der Waals surface area contributed by atoms with E-state index in [4.69, 9.17) is 28.7 Å². The van der Waals surface area contributed by atoms with Gasteiger partial charge in [-0.15, -0.1) is 0 Å². The first kappa shape index (κ1) is 26.3. The Morgan fingerprint density at radius 3 is 2.22 bits per heavy atom. The number of nitrogens with zero attached hydrogens (tertiary/aromatic N) is 1. The average Bonchev–Trinajstić information content (AvgIpc) is 2.91. The number of rotatable bonds is 2. The summed E-state index contributed by atoms with van der Waals surface area (Å²) in [6, 6.07) is 14.7. The maximum Gasteiger partial charge on any atom is 0.145 e. The zero-order chi connectivity index (χ0) is 24.8. The molecule has 2 heterocycles. The molecule has 36 heavy (non-hydrogen) atoms. The topological polar surface area (TPSA) is 63.0 Å². The van der Waals surface area contributed by atoms with Gasteiger partial charge in [-0.2, -0.15) is 0 Å². The van der Waals surface area contributed by atoms with E-state index in [1.165, 1.54) is 21.8 Å². The second-order valence-electron chi connectivity index (χ2n) is 8.45. The first-order valence-electron chi connectivity index (χ1n) is 12.8. The van der Waals surface area contributed by atoms with Crippen molar-refractivity contribution in [3.63, 3.8) is 0 Å². The van der Waals surface area contributed by atoms with Gasteiger partial charge in [-0.25, -0.2) is 0 Å². The van der Waals surface area contributed by atoms with E-state index >= 15 is 0 Å². The zero-order valence-corrected chi connectivity index (χ0v) is 21.1. The van der Waals surface area contributed by atoms with Crippen molar-refractivity contribution < 1.29 is 28.6 Å². The van der Waals surface area contributed by atoms with Crippen LogP contribution in [0.5, 0.6) is 5.75 Å². The van der Waals surface area contributed by atoms with Crippen LogP contribution in [0.25, 0.3) is 12.2 Å². The fraction of sp³-hybridized carbons (Fsp3) is 0.414. The molecule has 0 spiro atoms. The molecule has 1 unspecified atom stereocenters. The van der Waals surface area contributed by atoms with Crippen LogP contribution in [0.15, 0.2) is 65.3 Å². The van der Waals surface area contributed by atoms with E-state index in [-0.39, 0.29) is 0 Å². The molecule has 0 aromatic heterocycles. The molecule has 0 fully saturated rings. The summed E-state index contributed by atoms with van der Waals surface area (Å²) in [5.74, 6) is 0.746. The molecule has 2 aliphatic heterocycles.